The Kier molecular flexibility index (Phi) is 4.73. The number of rotatable bonds is 5. The summed E-state index contributed by atoms with van der Waals surface area (Å²) in [5.74, 6) is -0.262. The molecule has 1 rings (SSSR count). The minimum atomic E-state index is -3.79. The smallest absolute Gasteiger partial charge is 0.321 e. The quantitative estimate of drug-likeness (QED) is 0.608. The second kappa shape index (κ2) is 5.89. The molecule has 0 amide bonds. The van der Waals surface area contributed by atoms with Gasteiger partial charge in [-0.15, -0.1) is 0 Å². The van der Waals surface area contributed by atoms with Crippen LogP contribution >= 0.6 is 0 Å². The van der Waals surface area contributed by atoms with E-state index in [1.807, 2.05) is 0 Å². The number of methoxy groups -OCH3 is 2. The first kappa shape index (κ1) is 15.3. The molecule has 0 radical (unpaired) electrons. The molecule has 0 spiro atoms. The number of nitrogens with zero attached hydrogens (tertiary/aromatic N) is 1. The molecule has 0 aliphatic heterocycles. The van der Waals surface area contributed by atoms with Crippen molar-refractivity contribution in [2.45, 2.75) is 4.90 Å². The van der Waals surface area contributed by atoms with Gasteiger partial charge in [0, 0.05) is 7.05 Å². The fourth-order valence-electron chi connectivity index (χ4n) is 1.38. The highest BCUT2D eigenvalue weighted by Gasteiger charge is 2.24. The second-order valence-corrected chi connectivity index (χ2v) is 5.79. The van der Waals surface area contributed by atoms with Crippen LogP contribution in [-0.2, 0) is 19.6 Å². The van der Waals surface area contributed by atoms with Crippen LogP contribution in [0.2, 0.25) is 0 Å². The van der Waals surface area contributed by atoms with Crippen molar-refractivity contribution in [1.29, 1.82) is 0 Å². The standard InChI is InChI=1S/C11H16N2O5S/c1-13(7-11(14)18-3)19(15,16)8-4-5-10(17-2)9(12)6-8/h4-6H,7,12H2,1-3H3. The van der Waals surface area contributed by atoms with Gasteiger partial charge in [-0.05, 0) is 18.2 Å². The molecule has 0 fully saturated rings. The van der Waals surface area contributed by atoms with E-state index in [4.69, 9.17) is 10.5 Å². The summed E-state index contributed by atoms with van der Waals surface area (Å²) in [4.78, 5) is 11.1. The largest absolute Gasteiger partial charge is 0.495 e. The molecule has 0 heterocycles. The number of ether oxygens (including phenoxy) is 2. The molecule has 8 heteroatoms. The number of nitrogen functional groups attached to an aromatic ring is 1. The van der Waals surface area contributed by atoms with E-state index in [1.165, 1.54) is 39.5 Å². The summed E-state index contributed by atoms with van der Waals surface area (Å²) in [6, 6.07) is 4.09. The van der Waals surface area contributed by atoms with E-state index in [1.54, 1.807) is 0 Å². The van der Waals surface area contributed by atoms with Crippen molar-refractivity contribution in [3.63, 3.8) is 0 Å². The number of anilines is 1. The first-order chi connectivity index (χ1) is 8.82. The lowest BCUT2D eigenvalue weighted by Crippen LogP contribution is -2.32. The lowest BCUT2D eigenvalue weighted by Gasteiger charge is -2.16. The summed E-state index contributed by atoms with van der Waals surface area (Å²) < 4.78 is 34.6. The molecule has 7 nitrogen and oxygen atoms in total. The van der Waals surface area contributed by atoms with Crippen LogP contribution in [0.5, 0.6) is 5.75 Å². The minimum absolute atomic E-state index is 0.0165. The van der Waals surface area contributed by atoms with Crippen LogP contribution in [0.15, 0.2) is 23.1 Å². The van der Waals surface area contributed by atoms with Crippen LogP contribution in [-0.4, -0.2) is 46.5 Å². The van der Waals surface area contributed by atoms with Crippen LogP contribution in [0.4, 0.5) is 5.69 Å². The van der Waals surface area contributed by atoms with E-state index in [0.29, 0.717) is 5.75 Å². The minimum Gasteiger partial charge on any atom is -0.495 e. The number of sulfonamides is 1. The molecule has 0 aliphatic rings. The molecule has 0 saturated carbocycles. The zero-order valence-corrected chi connectivity index (χ0v) is 11.7. The summed E-state index contributed by atoms with van der Waals surface area (Å²) in [6.07, 6.45) is 0. The molecule has 0 bridgehead atoms. The van der Waals surface area contributed by atoms with Crippen molar-refractivity contribution in [1.82, 2.24) is 4.31 Å². The highest BCUT2D eigenvalue weighted by atomic mass is 32.2. The SMILES string of the molecule is COC(=O)CN(C)S(=O)(=O)c1ccc(OC)c(N)c1. The highest BCUT2D eigenvalue weighted by molar-refractivity contribution is 7.89. The lowest BCUT2D eigenvalue weighted by atomic mass is 10.3. The summed E-state index contributed by atoms with van der Waals surface area (Å²) in [5, 5.41) is 0. The topological polar surface area (TPSA) is 98.9 Å². The fraction of sp³-hybridized carbons (Fsp3) is 0.364. The number of carbonyl (C=O) groups excluding carboxylic acids is 1. The number of hydrogen-bond donors (Lipinski definition) is 1. The van der Waals surface area contributed by atoms with Gasteiger partial charge in [-0.2, -0.15) is 4.31 Å². The Balaban J connectivity index is 3.06. The fourth-order valence-corrected chi connectivity index (χ4v) is 2.54. The van der Waals surface area contributed by atoms with Crippen molar-refractivity contribution in [2.24, 2.45) is 0 Å². The third kappa shape index (κ3) is 3.36. The molecule has 0 saturated heterocycles. The van der Waals surface area contributed by atoms with Crippen molar-refractivity contribution in [2.75, 3.05) is 33.5 Å². The van der Waals surface area contributed by atoms with Gasteiger partial charge >= 0.3 is 5.97 Å². The van der Waals surface area contributed by atoms with Crippen LogP contribution in [0.3, 0.4) is 0 Å². The molecule has 0 aliphatic carbocycles. The number of hydrogen-bond acceptors (Lipinski definition) is 6. The summed E-state index contributed by atoms with van der Waals surface area (Å²) in [7, 11) is 0.112. The van der Waals surface area contributed by atoms with Crippen molar-refractivity contribution >= 4 is 21.7 Å². The Bertz CT molecular complexity index is 570. The molecule has 0 unspecified atom stereocenters. The van der Waals surface area contributed by atoms with Gasteiger partial charge in [-0.25, -0.2) is 8.42 Å². The van der Waals surface area contributed by atoms with Gasteiger partial charge < -0.3 is 15.2 Å². The summed E-state index contributed by atoms with van der Waals surface area (Å²) >= 11 is 0. The third-order valence-electron chi connectivity index (χ3n) is 2.49. The molecule has 19 heavy (non-hydrogen) atoms. The summed E-state index contributed by atoms with van der Waals surface area (Å²) in [6.45, 7) is -0.370. The number of esters is 1. The maximum Gasteiger partial charge on any atom is 0.321 e. The average molecular weight is 288 g/mol. The molecule has 0 atom stereocenters. The number of likely N-dealkylation sites (N-methyl/N-ethyl adjacent to an activating group) is 1. The van der Waals surface area contributed by atoms with E-state index in [0.717, 1.165) is 4.31 Å². The van der Waals surface area contributed by atoms with E-state index < -0.39 is 16.0 Å². The Labute approximate surface area is 112 Å². The van der Waals surface area contributed by atoms with Crippen molar-refractivity contribution < 1.29 is 22.7 Å². The number of nitrogens with two attached hydrogens (primary N) is 1. The van der Waals surface area contributed by atoms with Crippen LogP contribution < -0.4 is 10.5 Å². The maximum absolute atomic E-state index is 12.2. The van der Waals surface area contributed by atoms with Crippen molar-refractivity contribution in [3.8, 4) is 5.75 Å². The van der Waals surface area contributed by atoms with E-state index >= 15 is 0 Å². The Morgan fingerprint density at radius 1 is 1.37 bits per heavy atom. The third-order valence-corrected chi connectivity index (χ3v) is 4.29. The van der Waals surface area contributed by atoms with Gasteiger partial charge in [-0.3, -0.25) is 4.79 Å². The predicted molar refractivity (Wildman–Crippen MR) is 69.2 cm³/mol. The first-order valence-electron chi connectivity index (χ1n) is 5.29. The Hall–Kier alpha value is -1.80. The first-order valence-corrected chi connectivity index (χ1v) is 6.73. The average Bonchev–Trinajstić information content (AvgIpc) is 2.38. The molecule has 2 N–H and O–H groups in total. The molecule has 1 aromatic carbocycles. The van der Waals surface area contributed by atoms with Crippen molar-refractivity contribution in [3.05, 3.63) is 18.2 Å². The van der Waals surface area contributed by atoms with Crippen LogP contribution in [0.1, 0.15) is 0 Å². The van der Waals surface area contributed by atoms with Gasteiger partial charge in [-0.1, -0.05) is 0 Å². The second-order valence-electron chi connectivity index (χ2n) is 3.74. The summed E-state index contributed by atoms with van der Waals surface area (Å²) in [5.41, 5.74) is 5.86. The predicted octanol–water partition coefficient (Wildman–Crippen LogP) is 0.0709. The highest BCUT2D eigenvalue weighted by Crippen LogP contribution is 2.25. The molecule has 106 valence electrons. The molecule has 0 aromatic heterocycles. The van der Waals surface area contributed by atoms with E-state index in [9.17, 15) is 13.2 Å². The Morgan fingerprint density at radius 3 is 2.47 bits per heavy atom. The van der Waals surface area contributed by atoms with Crippen LogP contribution in [0.25, 0.3) is 0 Å². The van der Waals surface area contributed by atoms with Gasteiger partial charge in [0.1, 0.15) is 12.3 Å². The number of benzene rings is 1. The Morgan fingerprint density at radius 2 is 2.00 bits per heavy atom. The normalized spacial score (nSPS) is 11.4. The zero-order valence-electron chi connectivity index (χ0n) is 10.9. The van der Waals surface area contributed by atoms with E-state index in [-0.39, 0.29) is 17.1 Å². The van der Waals surface area contributed by atoms with Gasteiger partial charge in [0.25, 0.3) is 0 Å². The monoisotopic (exact) mass is 288 g/mol. The van der Waals surface area contributed by atoms with Crippen LogP contribution in [0, 0.1) is 0 Å². The van der Waals surface area contributed by atoms with E-state index in [2.05, 4.69) is 4.74 Å². The molecular weight excluding hydrogens is 272 g/mol. The molecular formula is C11H16N2O5S. The lowest BCUT2D eigenvalue weighted by molar-refractivity contribution is -0.140. The maximum atomic E-state index is 12.2. The number of carbonyl (C=O) groups is 1. The van der Waals surface area contributed by atoms with Gasteiger partial charge in [0.2, 0.25) is 10.0 Å². The van der Waals surface area contributed by atoms with Gasteiger partial charge in [0.15, 0.2) is 0 Å². The van der Waals surface area contributed by atoms with Gasteiger partial charge in [0.05, 0.1) is 24.8 Å². The zero-order chi connectivity index (χ0) is 14.6. The molecule has 1 aromatic rings.